The predicted octanol–water partition coefficient (Wildman–Crippen LogP) is 0.620. The SMILES string of the molecule is CC(=O)Nc1ccc(C(=O)Nn2cnnc2)cc1. The number of nitrogens with one attached hydrogen (secondary N) is 2. The monoisotopic (exact) mass is 245 g/mol. The third-order valence-electron chi connectivity index (χ3n) is 2.12. The highest BCUT2D eigenvalue weighted by atomic mass is 16.2. The highest BCUT2D eigenvalue weighted by molar-refractivity contribution is 6.00. The van der Waals surface area contributed by atoms with Gasteiger partial charge in [-0.3, -0.25) is 15.0 Å². The van der Waals surface area contributed by atoms with Gasteiger partial charge in [-0.05, 0) is 24.3 Å². The van der Waals surface area contributed by atoms with Crippen molar-refractivity contribution in [1.82, 2.24) is 14.9 Å². The van der Waals surface area contributed by atoms with E-state index < -0.39 is 0 Å². The molecule has 18 heavy (non-hydrogen) atoms. The maximum Gasteiger partial charge on any atom is 0.270 e. The van der Waals surface area contributed by atoms with Gasteiger partial charge in [-0.1, -0.05) is 0 Å². The number of benzene rings is 1. The number of carbonyl (C=O) groups excluding carboxylic acids is 2. The van der Waals surface area contributed by atoms with E-state index in [0.29, 0.717) is 11.3 Å². The Morgan fingerprint density at radius 3 is 2.28 bits per heavy atom. The van der Waals surface area contributed by atoms with Crippen LogP contribution in [0, 0.1) is 0 Å². The van der Waals surface area contributed by atoms with Gasteiger partial charge in [0.15, 0.2) is 0 Å². The minimum atomic E-state index is -0.288. The summed E-state index contributed by atoms with van der Waals surface area (Å²) >= 11 is 0. The number of hydrogen-bond donors (Lipinski definition) is 2. The molecule has 7 heteroatoms. The van der Waals surface area contributed by atoms with Gasteiger partial charge >= 0.3 is 0 Å². The van der Waals surface area contributed by atoms with Gasteiger partial charge in [0, 0.05) is 18.2 Å². The molecule has 2 N–H and O–H groups in total. The number of amides is 2. The number of carbonyl (C=O) groups is 2. The lowest BCUT2D eigenvalue weighted by atomic mass is 10.2. The van der Waals surface area contributed by atoms with Gasteiger partial charge in [-0.2, -0.15) is 0 Å². The van der Waals surface area contributed by atoms with Crippen molar-refractivity contribution in [2.24, 2.45) is 0 Å². The molecule has 2 amide bonds. The summed E-state index contributed by atoms with van der Waals surface area (Å²) in [5.74, 6) is -0.444. The number of hydrogen-bond acceptors (Lipinski definition) is 4. The van der Waals surface area contributed by atoms with Crippen LogP contribution in [0.3, 0.4) is 0 Å². The molecule has 0 bridgehead atoms. The summed E-state index contributed by atoms with van der Waals surface area (Å²) in [7, 11) is 0. The number of aromatic nitrogens is 3. The lowest BCUT2D eigenvalue weighted by Gasteiger charge is -2.06. The molecule has 0 aliphatic carbocycles. The van der Waals surface area contributed by atoms with Gasteiger partial charge in [0.2, 0.25) is 5.91 Å². The maximum atomic E-state index is 11.8. The second-order valence-electron chi connectivity index (χ2n) is 3.57. The highest BCUT2D eigenvalue weighted by Gasteiger charge is 2.05. The normalized spacial score (nSPS) is 9.83. The summed E-state index contributed by atoms with van der Waals surface area (Å²) in [6.07, 6.45) is 2.76. The molecule has 1 aromatic carbocycles. The average Bonchev–Trinajstić information content (AvgIpc) is 2.82. The fourth-order valence-electron chi connectivity index (χ4n) is 1.35. The van der Waals surface area contributed by atoms with E-state index in [0.717, 1.165) is 0 Å². The van der Waals surface area contributed by atoms with Crippen LogP contribution >= 0.6 is 0 Å². The highest BCUT2D eigenvalue weighted by Crippen LogP contribution is 2.09. The van der Waals surface area contributed by atoms with Crippen molar-refractivity contribution in [2.45, 2.75) is 6.92 Å². The fraction of sp³-hybridized carbons (Fsp3) is 0.0909. The molecular formula is C11H11N5O2. The van der Waals surface area contributed by atoms with Crippen molar-refractivity contribution < 1.29 is 9.59 Å². The first kappa shape index (κ1) is 11.8. The molecule has 1 heterocycles. The molecule has 0 aliphatic heterocycles. The van der Waals surface area contributed by atoms with Crippen LogP contribution in [-0.2, 0) is 4.79 Å². The van der Waals surface area contributed by atoms with Crippen LogP contribution < -0.4 is 10.7 Å². The van der Waals surface area contributed by atoms with Gasteiger partial charge < -0.3 is 5.32 Å². The van der Waals surface area contributed by atoms with Gasteiger partial charge in [-0.15, -0.1) is 10.2 Å². The summed E-state index contributed by atoms with van der Waals surface area (Å²) < 4.78 is 1.35. The zero-order valence-corrected chi connectivity index (χ0v) is 9.62. The van der Waals surface area contributed by atoms with Crippen molar-refractivity contribution in [1.29, 1.82) is 0 Å². The Morgan fingerprint density at radius 2 is 1.72 bits per heavy atom. The van der Waals surface area contributed by atoms with Gasteiger partial charge in [-0.25, -0.2) is 4.68 Å². The largest absolute Gasteiger partial charge is 0.326 e. The van der Waals surface area contributed by atoms with E-state index in [1.165, 1.54) is 24.3 Å². The Labute approximate surface area is 103 Å². The number of rotatable bonds is 3. The number of nitrogens with zero attached hydrogens (tertiary/aromatic N) is 3. The van der Waals surface area contributed by atoms with Crippen molar-refractivity contribution in [3.8, 4) is 0 Å². The Balaban J connectivity index is 2.05. The van der Waals surface area contributed by atoms with Gasteiger partial charge in [0.05, 0.1) is 0 Å². The maximum absolute atomic E-state index is 11.8. The van der Waals surface area contributed by atoms with E-state index in [2.05, 4.69) is 20.9 Å². The molecule has 2 aromatic rings. The third-order valence-corrected chi connectivity index (χ3v) is 2.12. The van der Waals surface area contributed by atoms with Crippen molar-refractivity contribution >= 4 is 17.5 Å². The standard InChI is InChI=1S/C11H11N5O2/c1-8(17)14-10-4-2-9(3-5-10)11(18)15-16-6-12-13-7-16/h2-7H,1H3,(H,14,17)(H,15,18). The van der Waals surface area contributed by atoms with Gasteiger partial charge in [0.1, 0.15) is 12.7 Å². The van der Waals surface area contributed by atoms with Crippen molar-refractivity contribution in [2.75, 3.05) is 10.7 Å². The predicted molar refractivity (Wildman–Crippen MR) is 64.5 cm³/mol. The minimum absolute atomic E-state index is 0.156. The van der Waals surface area contributed by atoms with E-state index in [9.17, 15) is 9.59 Å². The van der Waals surface area contributed by atoms with Crippen molar-refractivity contribution in [3.05, 3.63) is 42.5 Å². The summed E-state index contributed by atoms with van der Waals surface area (Å²) in [5.41, 5.74) is 3.68. The molecule has 1 aromatic heterocycles. The first-order valence-corrected chi connectivity index (χ1v) is 5.19. The molecule has 2 rings (SSSR count). The molecule has 0 spiro atoms. The first-order chi connectivity index (χ1) is 8.65. The van der Waals surface area contributed by atoms with Gasteiger partial charge in [0.25, 0.3) is 5.91 Å². The summed E-state index contributed by atoms with van der Waals surface area (Å²) in [6.45, 7) is 1.42. The van der Waals surface area contributed by atoms with Crippen LogP contribution in [0.2, 0.25) is 0 Å². The molecule has 0 saturated heterocycles. The van der Waals surface area contributed by atoms with E-state index in [1.54, 1.807) is 24.3 Å². The summed E-state index contributed by atoms with van der Waals surface area (Å²) in [6, 6.07) is 6.54. The third kappa shape index (κ3) is 2.91. The first-order valence-electron chi connectivity index (χ1n) is 5.19. The quantitative estimate of drug-likeness (QED) is 0.829. The summed E-state index contributed by atoms with van der Waals surface area (Å²) in [5, 5.41) is 9.75. The average molecular weight is 245 g/mol. The molecule has 0 fully saturated rings. The van der Waals surface area contributed by atoms with E-state index in [-0.39, 0.29) is 11.8 Å². The van der Waals surface area contributed by atoms with Crippen LogP contribution in [0.15, 0.2) is 36.9 Å². The van der Waals surface area contributed by atoms with Crippen molar-refractivity contribution in [3.63, 3.8) is 0 Å². The molecular weight excluding hydrogens is 234 g/mol. The number of anilines is 1. The smallest absolute Gasteiger partial charge is 0.270 e. The second kappa shape index (κ2) is 5.09. The molecule has 0 saturated carbocycles. The van der Waals surface area contributed by atoms with E-state index in [1.807, 2.05) is 0 Å². The fourth-order valence-corrected chi connectivity index (χ4v) is 1.35. The van der Waals surface area contributed by atoms with Crippen LogP contribution in [0.5, 0.6) is 0 Å². The zero-order valence-electron chi connectivity index (χ0n) is 9.62. The summed E-state index contributed by atoms with van der Waals surface area (Å²) in [4.78, 5) is 22.6. The Morgan fingerprint density at radius 1 is 1.11 bits per heavy atom. The Hall–Kier alpha value is -2.70. The Kier molecular flexibility index (Phi) is 3.33. The van der Waals surface area contributed by atoms with Crippen LogP contribution in [-0.4, -0.2) is 26.7 Å². The molecule has 0 aliphatic rings. The topological polar surface area (TPSA) is 88.9 Å². The lowest BCUT2D eigenvalue weighted by molar-refractivity contribution is -0.114. The van der Waals surface area contributed by atoms with Crippen LogP contribution in [0.1, 0.15) is 17.3 Å². The van der Waals surface area contributed by atoms with E-state index >= 15 is 0 Å². The van der Waals surface area contributed by atoms with Crippen LogP contribution in [0.4, 0.5) is 5.69 Å². The zero-order chi connectivity index (χ0) is 13.0. The molecule has 0 unspecified atom stereocenters. The van der Waals surface area contributed by atoms with E-state index in [4.69, 9.17) is 0 Å². The Bertz CT molecular complexity index is 547. The lowest BCUT2D eigenvalue weighted by Crippen LogP contribution is -2.21. The second-order valence-corrected chi connectivity index (χ2v) is 3.57. The molecule has 7 nitrogen and oxygen atoms in total. The minimum Gasteiger partial charge on any atom is -0.326 e. The van der Waals surface area contributed by atoms with Crippen LogP contribution in [0.25, 0.3) is 0 Å². The molecule has 92 valence electrons. The molecule has 0 radical (unpaired) electrons. The molecule has 0 atom stereocenters.